The van der Waals surface area contributed by atoms with Gasteiger partial charge in [-0.3, -0.25) is 0 Å². The lowest BCUT2D eigenvalue weighted by Gasteiger charge is -2.37. The van der Waals surface area contributed by atoms with Crippen molar-refractivity contribution in [2.24, 2.45) is 0 Å². The number of nitrogens with zero attached hydrogens (tertiary/aromatic N) is 3. The van der Waals surface area contributed by atoms with E-state index >= 15 is 0 Å². The maximum Gasteiger partial charge on any atom is 0.335 e. The SMILES string of the molecule is C[C@@H](SC1COC(c2ccc3cc(C(=O)O)ccc3c2)OC1)[C@](O)(Cn1cncn1)c1ccc(F)cc1F. The van der Waals surface area contributed by atoms with Gasteiger partial charge in [0.1, 0.15) is 29.9 Å². The van der Waals surface area contributed by atoms with Crippen molar-refractivity contribution in [1.29, 1.82) is 0 Å². The van der Waals surface area contributed by atoms with E-state index in [4.69, 9.17) is 9.47 Å². The third-order valence-electron chi connectivity index (χ3n) is 6.59. The van der Waals surface area contributed by atoms with Crippen LogP contribution in [0.5, 0.6) is 0 Å². The summed E-state index contributed by atoms with van der Waals surface area (Å²) in [5.74, 6) is -2.56. The Bertz CT molecular complexity index is 1450. The number of ether oxygens (including phenoxy) is 2. The van der Waals surface area contributed by atoms with E-state index in [0.29, 0.717) is 13.2 Å². The Balaban J connectivity index is 1.28. The second-order valence-electron chi connectivity index (χ2n) is 9.17. The maximum atomic E-state index is 14.8. The quantitative estimate of drug-likeness (QED) is 0.335. The lowest BCUT2D eigenvalue weighted by atomic mass is 9.90. The lowest BCUT2D eigenvalue weighted by molar-refractivity contribution is -0.179. The van der Waals surface area contributed by atoms with E-state index in [1.54, 1.807) is 25.1 Å². The van der Waals surface area contributed by atoms with Crippen molar-refractivity contribution < 1.29 is 33.3 Å². The van der Waals surface area contributed by atoms with Crippen molar-refractivity contribution >= 4 is 28.5 Å². The molecule has 1 saturated heterocycles. The molecule has 198 valence electrons. The van der Waals surface area contributed by atoms with Crippen LogP contribution < -0.4 is 0 Å². The molecule has 11 heteroatoms. The number of carboxylic acid groups (broad SMARTS) is 1. The summed E-state index contributed by atoms with van der Waals surface area (Å²) in [6.07, 6.45) is 2.14. The van der Waals surface area contributed by atoms with Gasteiger partial charge in [-0.15, -0.1) is 11.8 Å². The van der Waals surface area contributed by atoms with Crippen LogP contribution in [0.1, 0.15) is 34.7 Å². The lowest BCUT2D eigenvalue weighted by Crippen LogP contribution is -2.43. The Kier molecular flexibility index (Phi) is 7.44. The number of carboxylic acids is 1. The second-order valence-corrected chi connectivity index (χ2v) is 10.8. The molecule has 2 N–H and O–H groups in total. The summed E-state index contributed by atoms with van der Waals surface area (Å²) < 4.78 is 41.7. The first-order valence-electron chi connectivity index (χ1n) is 11.9. The normalized spacial score (nSPS) is 20.2. The van der Waals surface area contributed by atoms with Gasteiger partial charge >= 0.3 is 5.97 Å². The van der Waals surface area contributed by atoms with E-state index in [9.17, 15) is 23.8 Å². The summed E-state index contributed by atoms with van der Waals surface area (Å²) in [6.45, 7) is 2.33. The minimum absolute atomic E-state index is 0.0351. The molecule has 0 bridgehead atoms. The molecule has 1 aromatic heterocycles. The molecular formula is C27H25F2N3O5S. The third-order valence-corrected chi connectivity index (χ3v) is 8.04. The average Bonchev–Trinajstić information content (AvgIpc) is 3.41. The van der Waals surface area contributed by atoms with Gasteiger partial charge in [0, 0.05) is 22.4 Å². The van der Waals surface area contributed by atoms with Gasteiger partial charge < -0.3 is 19.7 Å². The maximum absolute atomic E-state index is 14.8. The highest BCUT2D eigenvalue weighted by molar-refractivity contribution is 8.00. The Morgan fingerprint density at radius 1 is 1.13 bits per heavy atom. The first-order valence-corrected chi connectivity index (χ1v) is 12.8. The number of carbonyl (C=O) groups is 1. The van der Waals surface area contributed by atoms with Crippen LogP contribution in [-0.4, -0.2) is 54.7 Å². The molecule has 0 aliphatic carbocycles. The van der Waals surface area contributed by atoms with E-state index in [2.05, 4.69) is 10.1 Å². The fraction of sp³-hybridized carbons (Fsp3) is 0.296. The monoisotopic (exact) mass is 541 g/mol. The molecule has 0 amide bonds. The fourth-order valence-electron chi connectivity index (χ4n) is 4.54. The molecule has 4 aromatic rings. The Hall–Kier alpha value is -3.38. The number of rotatable bonds is 8. The summed E-state index contributed by atoms with van der Waals surface area (Å²) in [6, 6.07) is 13.6. The zero-order chi connectivity index (χ0) is 26.9. The van der Waals surface area contributed by atoms with Gasteiger partial charge in [-0.1, -0.05) is 31.2 Å². The van der Waals surface area contributed by atoms with Crippen LogP contribution in [0.2, 0.25) is 0 Å². The van der Waals surface area contributed by atoms with E-state index in [0.717, 1.165) is 28.5 Å². The number of thioether (sulfide) groups is 1. The average molecular weight is 542 g/mol. The fourth-order valence-corrected chi connectivity index (χ4v) is 5.85. The summed E-state index contributed by atoms with van der Waals surface area (Å²) in [7, 11) is 0. The van der Waals surface area contributed by atoms with Gasteiger partial charge in [-0.25, -0.2) is 23.2 Å². The van der Waals surface area contributed by atoms with Crippen LogP contribution in [0.3, 0.4) is 0 Å². The molecule has 1 fully saturated rings. The van der Waals surface area contributed by atoms with Gasteiger partial charge in [0.2, 0.25) is 0 Å². The molecule has 1 aliphatic heterocycles. The molecule has 2 atom stereocenters. The molecule has 0 unspecified atom stereocenters. The topological polar surface area (TPSA) is 107 Å². The number of aromatic nitrogens is 3. The van der Waals surface area contributed by atoms with Crippen molar-refractivity contribution in [3.63, 3.8) is 0 Å². The smallest absolute Gasteiger partial charge is 0.335 e. The summed E-state index contributed by atoms with van der Waals surface area (Å²) in [5, 5.41) is 25.9. The number of aromatic carboxylic acids is 1. The zero-order valence-electron chi connectivity index (χ0n) is 20.3. The molecule has 0 spiro atoms. The predicted octanol–water partition coefficient (Wildman–Crippen LogP) is 4.53. The molecule has 2 heterocycles. The number of halogens is 2. The minimum atomic E-state index is -1.72. The highest BCUT2D eigenvalue weighted by Gasteiger charge is 2.41. The summed E-state index contributed by atoms with van der Waals surface area (Å²) in [4.78, 5) is 15.1. The van der Waals surface area contributed by atoms with Crippen molar-refractivity contribution in [3.8, 4) is 0 Å². The standard InChI is InChI=1S/C27H25F2N3O5S/c1-16(27(35,13-32-15-30-14-31-32)23-7-6-21(28)10-24(23)29)38-22-11-36-26(37-12-22)20-5-3-17-8-19(25(33)34)4-2-18(17)9-20/h2-10,14-16,22,26,35H,11-13H2,1H3,(H,33,34)/t16-,22?,26?,27-/m1/s1. The van der Waals surface area contributed by atoms with Crippen molar-refractivity contribution in [2.75, 3.05) is 13.2 Å². The van der Waals surface area contributed by atoms with Crippen molar-refractivity contribution in [3.05, 3.63) is 95.6 Å². The molecule has 0 radical (unpaired) electrons. The van der Waals surface area contributed by atoms with Crippen LogP contribution in [0.15, 0.2) is 67.3 Å². The first kappa shape index (κ1) is 26.2. The molecule has 1 aliphatic rings. The van der Waals surface area contributed by atoms with Gasteiger partial charge in [-0.2, -0.15) is 5.10 Å². The summed E-state index contributed by atoms with van der Waals surface area (Å²) >= 11 is 1.38. The Labute approximate surface area is 221 Å². The van der Waals surface area contributed by atoms with E-state index in [1.807, 2.05) is 18.2 Å². The van der Waals surface area contributed by atoms with E-state index in [-0.39, 0.29) is 22.9 Å². The van der Waals surface area contributed by atoms with Gasteiger partial charge in [0.15, 0.2) is 6.29 Å². The number of aliphatic hydroxyl groups is 1. The number of benzene rings is 3. The largest absolute Gasteiger partial charge is 0.478 e. The van der Waals surface area contributed by atoms with Crippen molar-refractivity contribution in [2.45, 2.75) is 35.9 Å². The predicted molar refractivity (Wildman–Crippen MR) is 137 cm³/mol. The first-order chi connectivity index (χ1) is 18.2. The number of hydrogen-bond donors (Lipinski definition) is 2. The molecule has 5 rings (SSSR count). The zero-order valence-corrected chi connectivity index (χ0v) is 21.1. The Morgan fingerprint density at radius 2 is 1.87 bits per heavy atom. The molecule has 8 nitrogen and oxygen atoms in total. The van der Waals surface area contributed by atoms with Crippen LogP contribution >= 0.6 is 11.8 Å². The molecule has 38 heavy (non-hydrogen) atoms. The highest BCUT2D eigenvalue weighted by Crippen LogP contribution is 2.39. The minimum Gasteiger partial charge on any atom is -0.478 e. The van der Waals surface area contributed by atoms with Gasteiger partial charge in [-0.05, 0) is 35.0 Å². The van der Waals surface area contributed by atoms with Gasteiger partial charge in [0.05, 0.1) is 30.6 Å². The van der Waals surface area contributed by atoms with E-state index in [1.165, 1.54) is 35.2 Å². The second kappa shape index (κ2) is 10.8. The molecule has 3 aromatic carbocycles. The number of fused-ring (bicyclic) bond motifs is 1. The summed E-state index contributed by atoms with van der Waals surface area (Å²) in [5.41, 5.74) is -0.742. The Morgan fingerprint density at radius 3 is 2.55 bits per heavy atom. The third kappa shape index (κ3) is 5.41. The van der Waals surface area contributed by atoms with Crippen LogP contribution in [0.25, 0.3) is 10.8 Å². The van der Waals surface area contributed by atoms with Gasteiger partial charge in [0.25, 0.3) is 0 Å². The van der Waals surface area contributed by atoms with Crippen LogP contribution in [0, 0.1) is 11.6 Å². The molecular weight excluding hydrogens is 516 g/mol. The van der Waals surface area contributed by atoms with Crippen LogP contribution in [-0.2, 0) is 21.6 Å². The van der Waals surface area contributed by atoms with E-state index < -0.39 is 34.7 Å². The van der Waals surface area contributed by atoms with Crippen molar-refractivity contribution in [1.82, 2.24) is 14.8 Å². The van der Waals surface area contributed by atoms with Crippen LogP contribution in [0.4, 0.5) is 8.78 Å². The highest BCUT2D eigenvalue weighted by atomic mass is 32.2. The molecule has 0 saturated carbocycles. The number of hydrogen-bond acceptors (Lipinski definition) is 7.